The molecule has 6 nitrogen and oxygen atoms in total. The molecule has 1 atom stereocenters. The number of nitrogens with zero attached hydrogens (tertiary/aromatic N) is 2. The van der Waals surface area contributed by atoms with E-state index in [4.69, 9.17) is 9.84 Å². The summed E-state index contributed by atoms with van der Waals surface area (Å²) in [5.74, 6) is -0.649. The average Bonchev–Trinajstić information content (AvgIpc) is 2.89. The zero-order chi connectivity index (χ0) is 13.8. The first-order valence-corrected chi connectivity index (χ1v) is 5.74. The SMILES string of the molecule is CC(O)c1cc(OCC(=O)O)ccc1-n1cccn1. The molecule has 2 N–H and O–H groups in total. The summed E-state index contributed by atoms with van der Waals surface area (Å²) in [5.41, 5.74) is 1.34. The van der Waals surface area contributed by atoms with E-state index in [2.05, 4.69) is 5.10 Å². The highest BCUT2D eigenvalue weighted by Crippen LogP contribution is 2.26. The van der Waals surface area contributed by atoms with Crippen LogP contribution in [0.3, 0.4) is 0 Å². The summed E-state index contributed by atoms with van der Waals surface area (Å²) in [6.45, 7) is 1.21. The van der Waals surface area contributed by atoms with E-state index in [0.717, 1.165) is 5.69 Å². The van der Waals surface area contributed by atoms with Gasteiger partial charge in [0.1, 0.15) is 5.75 Å². The van der Waals surface area contributed by atoms with E-state index >= 15 is 0 Å². The molecule has 19 heavy (non-hydrogen) atoms. The molecule has 1 aromatic heterocycles. The molecule has 0 saturated carbocycles. The number of rotatable bonds is 5. The number of aliphatic hydroxyl groups is 1. The van der Waals surface area contributed by atoms with E-state index in [1.54, 1.807) is 48.3 Å². The second-order valence-electron chi connectivity index (χ2n) is 4.03. The molecule has 1 heterocycles. The van der Waals surface area contributed by atoms with Crippen molar-refractivity contribution in [2.24, 2.45) is 0 Å². The van der Waals surface area contributed by atoms with Crippen molar-refractivity contribution in [2.45, 2.75) is 13.0 Å². The fourth-order valence-corrected chi connectivity index (χ4v) is 1.72. The Bertz CT molecular complexity index is 564. The van der Waals surface area contributed by atoms with Crippen LogP contribution in [0, 0.1) is 0 Å². The summed E-state index contributed by atoms with van der Waals surface area (Å²) in [6.07, 6.45) is 2.69. The number of ether oxygens (including phenoxy) is 1. The van der Waals surface area contributed by atoms with E-state index in [-0.39, 0.29) is 0 Å². The molecule has 0 aliphatic carbocycles. The van der Waals surface area contributed by atoms with Gasteiger partial charge >= 0.3 is 5.97 Å². The highest BCUT2D eigenvalue weighted by molar-refractivity contribution is 5.68. The Kier molecular flexibility index (Phi) is 3.82. The number of carboxylic acid groups (broad SMARTS) is 1. The standard InChI is InChI=1S/C13H14N2O4/c1-9(16)11-7-10(19-8-13(17)18)3-4-12(11)15-6-2-5-14-15/h2-7,9,16H,8H2,1H3,(H,17,18). The monoisotopic (exact) mass is 262 g/mol. The molecule has 0 spiro atoms. The molecule has 0 amide bonds. The molecule has 100 valence electrons. The summed E-state index contributed by atoms with van der Waals surface area (Å²) < 4.78 is 6.72. The Hall–Kier alpha value is -2.34. The maximum Gasteiger partial charge on any atom is 0.341 e. The van der Waals surface area contributed by atoms with Gasteiger partial charge in [-0.1, -0.05) is 0 Å². The number of aliphatic hydroxyl groups excluding tert-OH is 1. The molecule has 1 unspecified atom stereocenters. The molecule has 6 heteroatoms. The third kappa shape index (κ3) is 3.11. The van der Waals surface area contributed by atoms with Crippen LogP contribution in [0.1, 0.15) is 18.6 Å². The first kappa shape index (κ1) is 13.1. The molecule has 2 aromatic rings. The lowest BCUT2D eigenvalue weighted by molar-refractivity contribution is -0.139. The summed E-state index contributed by atoms with van der Waals surface area (Å²) >= 11 is 0. The van der Waals surface area contributed by atoms with Crippen LogP contribution in [-0.2, 0) is 4.79 Å². The van der Waals surface area contributed by atoms with Crippen molar-refractivity contribution in [3.63, 3.8) is 0 Å². The van der Waals surface area contributed by atoms with Gasteiger partial charge in [0.05, 0.1) is 11.8 Å². The highest BCUT2D eigenvalue weighted by Gasteiger charge is 2.12. The Morgan fingerprint density at radius 1 is 1.53 bits per heavy atom. The van der Waals surface area contributed by atoms with Gasteiger partial charge in [-0.3, -0.25) is 0 Å². The van der Waals surface area contributed by atoms with Gasteiger partial charge in [0.15, 0.2) is 6.61 Å². The first-order chi connectivity index (χ1) is 9.08. The largest absolute Gasteiger partial charge is 0.482 e. The molecule has 1 aromatic carbocycles. The number of hydrogen-bond donors (Lipinski definition) is 2. The molecular formula is C13H14N2O4. The van der Waals surface area contributed by atoms with E-state index in [0.29, 0.717) is 11.3 Å². The van der Waals surface area contributed by atoms with Gasteiger partial charge in [-0.15, -0.1) is 0 Å². The quantitative estimate of drug-likeness (QED) is 0.850. The van der Waals surface area contributed by atoms with Gasteiger partial charge in [0.25, 0.3) is 0 Å². The second kappa shape index (κ2) is 5.53. The normalized spacial score (nSPS) is 12.1. The predicted molar refractivity (Wildman–Crippen MR) is 67.3 cm³/mol. The molecule has 0 bridgehead atoms. The number of benzene rings is 1. The van der Waals surface area contributed by atoms with E-state index < -0.39 is 18.7 Å². The zero-order valence-corrected chi connectivity index (χ0v) is 10.4. The van der Waals surface area contributed by atoms with Crippen molar-refractivity contribution in [3.8, 4) is 11.4 Å². The second-order valence-corrected chi connectivity index (χ2v) is 4.03. The molecule has 0 fully saturated rings. The maximum absolute atomic E-state index is 10.5. The van der Waals surface area contributed by atoms with Crippen molar-refractivity contribution in [2.75, 3.05) is 6.61 Å². The summed E-state index contributed by atoms with van der Waals surface area (Å²) in [7, 11) is 0. The Labute approximate surface area is 109 Å². The number of aliphatic carboxylic acids is 1. The van der Waals surface area contributed by atoms with Gasteiger partial charge in [-0.05, 0) is 31.2 Å². The van der Waals surface area contributed by atoms with E-state index in [1.165, 1.54) is 0 Å². The van der Waals surface area contributed by atoms with Crippen LogP contribution < -0.4 is 4.74 Å². The third-order valence-corrected chi connectivity index (χ3v) is 2.56. The van der Waals surface area contributed by atoms with Crippen LogP contribution in [0.25, 0.3) is 5.69 Å². The first-order valence-electron chi connectivity index (χ1n) is 5.74. The van der Waals surface area contributed by atoms with Gasteiger partial charge < -0.3 is 14.9 Å². The lowest BCUT2D eigenvalue weighted by atomic mass is 10.1. The minimum absolute atomic E-state index is 0.397. The summed E-state index contributed by atoms with van der Waals surface area (Å²) in [6, 6.07) is 6.77. The topological polar surface area (TPSA) is 84.6 Å². The Balaban J connectivity index is 2.33. The Morgan fingerprint density at radius 3 is 2.89 bits per heavy atom. The van der Waals surface area contributed by atoms with Crippen LogP contribution in [0.2, 0.25) is 0 Å². The zero-order valence-electron chi connectivity index (χ0n) is 10.4. The van der Waals surface area contributed by atoms with Crippen molar-refractivity contribution in [1.29, 1.82) is 0 Å². The van der Waals surface area contributed by atoms with Crippen molar-refractivity contribution < 1.29 is 19.7 Å². The van der Waals surface area contributed by atoms with Gasteiger partial charge in [0, 0.05) is 18.0 Å². The maximum atomic E-state index is 10.5. The van der Waals surface area contributed by atoms with Crippen LogP contribution in [0.5, 0.6) is 5.75 Å². The smallest absolute Gasteiger partial charge is 0.341 e. The molecule has 0 radical (unpaired) electrons. The minimum Gasteiger partial charge on any atom is -0.482 e. The Morgan fingerprint density at radius 2 is 2.32 bits per heavy atom. The van der Waals surface area contributed by atoms with Crippen molar-refractivity contribution in [1.82, 2.24) is 9.78 Å². The average molecular weight is 262 g/mol. The molecule has 0 saturated heterocycles. The van der Waals surface area contributed by atoms with Gasteiger partial charge in [0.2, 0.25) is 0 Å². The number of carbonyl (C=O) groups is 1. The number of hydrogen-bond acceptors (Lipinski definition) is 4. The third-order valence-electron chi connectivity index (χ3n) is 2.56. The van der Waals surface area contributed by atoms with Gasteiger partial charge in [-0.2, -0.15) is 5.10 Å². The van der Waals surface area contributed by atoms with Crippen LogP contribution >= 0.6 is 0 Å². The van der Waals surface area contributed by atoms with Crippen LogP contribution in [0.4, 0.5) is 0 Å². The van der Waals surface area contributed by atoms with Crippen LogP contribution in [0.15, 0.2) is 36.7 Å². The lowest BCUT2D eigenvalue weighted by Crippen LogP contribution is -2.10. The highest BCUT2D eigenvalue weighted by atomic mass is 16.5. The lowest BCUT2D eigenvalue weighted by Gasteiger charge is -2.14. The molecule has 0 aliphatic heterocycles. The summed E-state index contributed by atoms with van der Waals surface area (Å²) in [5, 5.41) is 22.5. The predicted octanol–water partition coefficient (Wildman–Crippen LogP) is 1.39. The fraction of sp³-hybridized carbons (Fsp3) is 0.231. The van der Waals surface area contributed by atoms with E-state index in [9.17, 15) is 9.90 Å². The van der Waals surface area contributed by atoms with Crippen molar-refractivity contribution in [3.05, 3.63) is 42.2 Å². The number of aromatic nitrogens is 2. The molecule has 2 rings (SSSR count). The summed E-state index contributed by atoms with van der Waals surface area (Å²) in [4.78, 5) is 10.5. The molecule has 0 aliphatic rings. The minimum atomic E-state index is -1.05. The fourth-order valence-electron chi connectivity index (χ4n) is 1.72. The van der Waals surface area contributed by atoms with Crippen LogP contribution in [-0.4, -0.2) is 32.6 Å². The van der Waals surface area contributed by atoms with E-state index in [1.807, 2.05) is 0 Å². The molecular weight excluding hydrogens is 248 g/mol. The van der Waals surface area contributed by atoms with Gasteiger partial charge in [-0.25, -0.2) is 9.48 Å². The van der Waals surface area contributed by atoms with Crippen molar-refractivity contribution >= 4 is 5.97 Å². The number of carboxylic acids is 1.